The van der Waals surface area contributed by atoms with Gasteiger partial charge in [0.2, 0.25) is 0 Å². The van der Waals surface area contributed by atoms with E-state index < -0.39 is 0 Å². The van der Waals surface area contributed by atoms with Gasteiger partial charge in [-0.05, 0) is 24.6 Å². The summed E-state index contributed by atoms with van der Waals surface area (Å²) in [7, 11) is 0. The van der Waals surface area contributed by atoms with Gasteiger partial charge in [-0.3, -0.25) is 0 Å². The van der Waals surface area contributed by atoms with Gasteiger partial charge in [0, 0.05) is 17.0 Å². The number of benzene rings is 2. The van der Waals surface area contributed by atoms with E-state index >= 15 is 0 Å². The van der Waals surface area contributed by atoms with Crippen LogP contribution < -0.4 is 21.2 Å². The number of halogens is 1. The number of hydrogen-bond donors (Lipinski definition) is 0. The lowest BCUT2D eigenvalue weighted by Gasteiger charge is -2.16. The van der Waals surface area contributed by atoms with Crippen molar-refractivity contribution in [2.45, 2.75) is 19.8 Å². The van der Waals surface area contributed by atoms with Gasteiger partial charge in [0.15, 0.2) is 7.14 Å². The summed E-state index contributed by atoms with van der Waals surface area (Å²) in [6, 6.07) is 15.9. The van der Waals surface area contributed by atoms with Gasteiger partial charge in [-0.1, -0.05) is 37.3 Å². The molecular formula is C15H14I+. The first-order chi connectivity index (χ1) is 7.75. The van der Waals surface area contributed by atoms with Crippen molar-refractivity contribution in [3.05, 3.63) is 66.3 Å². The highest BCUT2D eigenvalue weighted by atomic mass is 127. The molecule has 0 radical (unpaired) electrons. The summed E-state index contributed by atoms with van der Waals surface area (Å²) in [4.78, 5) is 0. The van der Waals surface area contributed by atoms with Crippen molar-refractivity contribution in [3.63, 3.8) is 0 Å². The van der Waals surface area contributed by atoms with Gasteiger partial charge in [0.25, 0.3) is 0 Å². The van der Waals surface area contributed by atoms with Crippen LogP contribution in [0.15, 0.2) is 42.5 Å². The van der Waals surface area contributed by atoms with Crippen LogP contribution in [-0.2, 0) is 0 Å². The van der Waals surface area contributed by atoms with E-state index in [4.69, 9.17) is 0 Å². The van der Waals surface area contributed by atoms with Gasteiger partial charge < -0.3 is 0 Å². The molecule has 0 amide bonds. The summed E-state index contributed by atoms with van der Waals surface area (Å²) in [5.74, 6) is 0.570. The molecular weight excluding hydrogens is 307 g/mol. The van der Waals surface area contributed by atoms with Crippen LogP contribution in [0.25, 0.3) is 0 Å². The van der Waals surface area contributed by atoms with Crippen molar-refractivity contribution >= 4 is 0 Å². The van der Waals surface area contributed by atoms with Crippen molar-refractivity contribution in [3.8, 4) is 0 Å². The smallest absolute Gasteiger partial charge is 0.0616 e. The van der Waals surface area contributed by atoms with Crippen LogP contribution in [0.5, 0.6) is 0 Å². The van der Waals surface area contributed by atoms with Crippen molar-refractivity contribution in [1.29, 1.82) is 0 Å². The van der Waals surface area contributed by atoms with Crippen LogP contribution in [0.1, 0.15) is 29.5 Å². The third-order valence-corrected chi connectivity index (χ3v) is 6.28. The van der Waals surface area contributed by atoms with E-state index in [1.807, 2.05) is 0 Å². The molecule has 0 aliphatic carbocycles. The summed E-state index contributed by atoms with van der Waals surface area (Å²) in [5.41, 5.74) is 4.49. The molecule has 1 heteroatoms. The highest BCUT2D eigenvalue weighted by Crippen LogP contribution is 2.26. The predicted octanol–water partition coefficient (Wildman–Crippen LogP) is 0.589. The Labute approximate surface area is 107 Å². The molecule has 0 aromatic heterocycles. The monoisotopic (exact) mass is 321 g/mol. The topological polar surface area (TPSA) is 0 Å². The van der Waals surface area contributed by atoms with E-state index in [1.54, 1.807) is 18.3 Å². The predicted molar refractivity (Wildman–Crippen MR) is 62.5 cm³/mol. The average molecular weight is 321 g/mol. The molecule has 2 aromatic rings. The average Bonchev–Trinajstić information content (AvgIpc) is 2.29. The molecule has 0 bridgehead atoms. The number of fused-ring (bicyclic) bond motifs is 2. The number of hydrogen-bond acceptors (Lipinski definition) is 0. The second-order valence-electron chi connectivity index (χ2n) is 4.36. The van der Waals surface area contributed by atoms with Crippen LogP contribution in [0.3, 0.4) is 0 Å². The largest absolute Gasteiger partial charge is 0.358 e. The Morgan fingerprint density at radius 2 is 1.69 bits per heavy atom. The minimum atomic E-state index is 0.0313. The van der Waals surface area contributed by atoms with Gasteiger partial charge in [-0.25, -0.2) is 0 Å². The van der Waals surface area contributed by atoms with Gasteiger partial charge in [-0.2, -0.15) is 0 Å². The van der Waals surface area contributed by atoms with Crippen molar-refractivity contribution in [2.75, 3.05) is 0 Å². The second-order valence-corrected chi connectivity index (χ2v) is 7.23. The first-order valence-corrected chi connectivity index (χ1v) is 7.76. The molecule has 0 fully saturated rings. The van der Waals surface area contributed by atoms with Crippen LogP contribution in [0.4, 0.5) is 0 Å². The fourth-order valence-corrected chi connectivity index (χ4v) is 5.83. The molecule has 16 heavy (non-hydrogen) atoms. The van der Waals surface area contributed by atoms with E-state index in [9.17, 15) is 0 Å². The molecule has 0 nitrogen and oxygen atoms in total. The zero-order chi connectivity index (χ0) is 11.1. The molecule has 3 rings (SSSR count). The molecule has 1 aliphatic heterocycles. The molecule has 80 valence electrons. The Balaban J connectivity index is 2.18. The highest BCUT2D eigenvalue weighted by Gasteiger charge is 2.33. The van der Waals surface area contributed by atoms with Gasteiger partial charge in [-0.15, -0.1) is 0 Å². The van der Waals surface area contributed by atoms with Crippen LogP contribution in [0.2, 0.25) is 0 Å². The maximum Gasteiger partial charge on any atom is 0.358 e. The third kappa shape index (κ3) is 1.58. The Bertz CT molecular complexity index is 543. The highest BCUT2D eigenvalue weighted by molar-refractivity contribution is 5.34. The van der Waals surface area contributed by atoms with E-state index in [-0.39, 0.29) is 21.2 Å². The summed E-state index contributed by atoms with van der Waals surface area (Å²) >= 11 is 0.0313. The second kappa shape index (κ2) is 3.88. The van der Waals surface area contributed by atoms with Gasteiger partial charge in [0.05, 0.1) is 0 Å². The molecule has 0 saturated heterocycles. The lowest BCUT2D eigenvalue weighted by molar-refractivity contribution is -0.602. The lowest BCUT2D eigenvalue weighted by Crippen LogP contribution is -3.62. The quantitative estimate of drug-likeness (QED) is 0.623. The minimum absolute atomic E-state index is 0.0313. The molecule has 2 aromatic carbocycles. The number of rotatable bonds is 0. The van der Waals surface area contributed by atoms with Gasteiger partial charge >= 0.3 is 21.2 Å². The molecule has 0 spiro atoms. The van der Waals surface area contributed by atoms with Gasteiger partial charge in [0.1, 0.15) is 0 Å². The summed E-state index contributed by atoms with van der Waals surface area (Å²) in [6.45, 7) is 4.52. The number of aryl methyl sites for hydroxylation is 1. The summed E-state index contributed by atoms with van der Waals surface area (Å²) in [5, 5.41) is 0. The molecule has 1 atom stereocenters. The maximum atomic E-state index is 2.38. The lowest BCUT2D eigenvalue weighted by atomic mass is 9.93. The third-order valence-electron chi connectivity index (χ3n) is 3.20. The van der Waals surface area contributed by atoms with E-state index in [1.165, 1.54) is 5.56 Å². The Kier molecular flexibility index (Phi) is 2.51. The first kappa shape index (κ1) is 10.3. The molecule has 1 unspecified atom stereocenters. The maximum absolute atomic E-state index is 2.38. The minimum Gasteiger partial charge on any atom is -0.0616 e. The van der Waals surface area contributed by atoms with E-state index in [0.717, 1.165) is 0 Å². The van der Waals surface area contributed by atoms with E-state index in [0.29, 0.717) is 5.92 Å². The fraction of sp³-hybridized carbons (Fsp3) is 0.200. The van der Waals surface area contributed by atoms with Crippen LogP contribution in [-0.4, -0.2) is 0 Å². The molecule has 1 heterocycles. The SMILES string of the molecule is Cc1ccc2c(c1)[I+]c1ccccc1C2C. The Morgan fingerprint density at radius 3 is 2.56 bits per heavy atom. The first-order valence-electron chi connectivity index (χ1n) is 5.60. The fourth-order valence-electron chi connectivity index (χ4n) is 2.25. The zero-order valence-electron chi connectivity index (χ0n) is 9.50. The molecule has 0 saturated carbocycles. The van der Waals surface area contributed by atoms with Crippen molar-refractivity contribution in [2.24, 2.45) is 0 Å². The standard InChI is InChI=1S/C15H14I/c1-10-7-8-13-11(2)12-5-3-4-6-14(12)16-15(13)9-10/h3-9,11H,1-2H3/q+1. The van der Waals surface area contributed by atoms with Crippen molar-refractivity contribution < 1.29 is 21.2 Å². The van der Waals surface area contributed by atoms with E-state index in [2.05, 4.69) is 56.3 Å². The van der Waals surface area contributed by atoms with Crippen molar-refractivity contribution in [1.82, 2.24) is 0 Å². The normalized spacial score (nSPS) is 17.8. The zero-order valence-corrected chi connectivity index (χ0v) is 11.7. The molecule has 1 aliphatic rings. The molecule has 0 N–H and O–H groups in total. The summed E-state index contributed by atoms with van der Waals surface area (Å²) < 4.78 is 3.22. The Morgan fingerprint density at radius 1 is 0.938 bits per heavy atom. The Hall–Kier alpha value is -0.830. The van der Waals surface area contributed by atoms with Crippen LogP contribution in [0, 0.1) is 14.1 Å². The summed E-state index contributed by atoms with van der Waals surface area (Å²) in [6.07, 6.45) is 0. The van der Waals surface area contributed by atoms with Crippen LogP contribution >= 0.6 is 0 Å².